The summed E-state index contributed by atoms with van der Waals surface area (Å²) in [6, 6.07) is 1.86. The Labute approximate surface area is 101 Å². The first-order chi connectivity index (χ1) is 8.13. The van der Waals surface area contributed by atoms with Crippen molar-refractivity contribution in [3.05, 3.63) is 29.9 Å². The average molecular weight is 231 g/mol. The van der Waals surface area contributed by atoms with Crippen LogP contribution in [0, 0.1) is 6.92 Å². The molecule has 2 heterocycles. The van der Waals surface area contributed by atoms with Gasteiger partial charge in [0.2, 0.25) is 0 Å². The molecule has 1 N–H and O–H groups in total. The van der Waals surface area contributed by atoms with E-state index in [0.717, 1.165) is 17.1 Å². The second-order valence-corrected chi connectivity index (χ2v) is 4.31. The molecule has 0 bridgehead atoms. The predicted octanol–water partition coefficient (Wildman–Crippen LogP) is 3.21. The van der Waals surface area contributed by atoms with Gasteiger partial charge < -0.3 is 9.73 Å². The van der Waals surface area contributed by atoms with E-state index in [0.29, 0.717) is 11.7 Å². The van der Waals surface area contributed by atoms with Crippen LogP contribution in [0.1, 0.15) is 31.0 Å². The van der Waals surface area contributed by atoms with Crippen LogP contribution in [0.25, 0.3) is 11.4 Å². The predicted molar refractivity (Wildman–Crippen MR) is 68.1 cm³/mol. The van der Waals surface area contributed by atoms with Crippen molar-refractivity contribution in [3.63, 3.8) is 0 Å². The second kappa shape index (κ2) is 4.57. The molecule has 0 amide bonds. The molecule has 0 fully saturated rings. The maximum atomic E-state index is 5.06. The summed E-state index contributed by atoms with van der Waals surface area (Å²) in [7, 11) is 1.88. The Morgan fingerprint density at radius 1 is 1.29 bits per heavy atom. The highest BCUT2D eigenvalue weighted by Gasteiger charge is 2.14. The van der Waals surface area contributed by atoms with Crippen LogP contribution in [0.4, 0.5) is 5.82 Å². The molecule has 0 spiro atoms. The molecule has 0 unspecified atom stereocenters. The second-order valence-electron chi connectivity index (χ2n) is 4.31. The van der Waals surface area contributed by atoms with Crippen LogP contribution in [0.2, 0.25) is 0 Å². The standard InChI is InChI=1S/C13H17N3O/c1-8(2)11-9(3)15-12(16-13(11)14-4)10-5-6-17-7-10/h5-8H,1-4H3,(H,14,15,16). The van der Waals surface area contributed by atoms with Crippen molar-refractivity contribution in [2.45, 2.75) is 26.7 Å². The molecule has 0 saturated heterocycles. The molecule has 0 aliphatic carbocycles. The summed E-state index contributed by atoms with van der Waals surface area (Å²) in [5, 5.41) is 3.14. The van der Waals surface area contributed by atoms with Gasteiger partial charge in [-0.3, -0.25) is 0 Å². The highest BCUT2D eigenvalue weighted by Crippen LogP contribution is 2.27. The van der Waals surface area contributed by atoms with Crippen LogP contribution in [0.3, 0.4) is 0 Å². The monoisotopic (exact) mass is 231 g/mol. The molecule has 4 nitrogen and oxygen atoms in total. The van der Waals surface area contributed by atoms with E-state index < -0.39 is 0 Å². The van der Waals surface area contributed by atoms with Crippen molar-refractivity contribution in [2.75, 3.05) is 12.4 Å². The van der Waals surface area contributed by atoms with Crippen LogP contribution < -0.4 is 5.32 Å². The van der Waals surface area contributed by atoms with E-state index in [-0.39, 0.29) is 0 Å². The number of anilines is 1. The Morgan fingerprint density at radius 3 is 2.59 bits per heavy atom. The lowest BCUT2D eigenvalue weighted by atomic mass is 10.0. The zero-order valence-corrected chi connectivity index (χ0v) is 10.6. The molecular formula is C13H17N3O. The lowest BCUT2D eigenvalue weighted by Gasteiger charge is -2.15. The highest BCUT2D eigenvalue weighted by molar-refractivity contribution is 5.59. The zero-order valence-electron chi connectivity index (χ0n) is 10.6. The SMILES string of the molecule is CNc1nc(-c2ccoc2)nc(C)c1C(C)C. The summed E-state index contributed by atoms with van der Waals surface area (Å²) >= 11 is 0. The highest BCUT2D eigenvalue weighted by atomic mass is 16.3. The van der Waals surface area contributed by atoms with Crippen LogP contribution in [0.15, 0.2) is 23.0 Å². The van der Waals surface area contributed by atoms with Gasteiger partial charge in [0.25, 0.3) is 0 Å². The van der Waals surface area contributed by atoms with Crippen molar-refractivity contribution in [2.24, 2.45) is 0 Å². The molecule has 2 aromatic rings. The fourth-order valence-corrected chi connectivity index (χ4v) is 1.98. The first-order valence-corrected chi connectivity index (χ1v) is 5.72. The lowest BCUT2D eigenvalue weighted by molar-refractivity contribution is 0.568. The van der Waals surface area contributed by atoms with Gasteiger partial charge in [-0.1, -0.05) is 13.8 Å². The van der Waals surface area contributed by atoms with Crippen LogP contribution in [-0.4, -0.2) is 17.0 Å². The van der Waals surface area contributed by atoms with Gasteiger partial charge >= 0.3 is 0 Å². The van der Waals surface area contributed by atoms with E-state index in [2.05, 4.69) is 29.1 Å². The third-order valence-corrected chi connectivity index (χ3v) is 2.73. The average Bonchev–Trinajstić information content (AvgIpc) is 2.80. The molecule has 0 saturated carbocycles. The minimum absolute atomic E-state index is 0.399. The van der Waals surface area contributed by atoms with Gasteiger partial charge in [-0.05, 0) is 18.9 Å². The van der Waals surface area contributed by atoms with E-state index in [1.54, 1.807) is 12.5 Å². The number of aromatic nitrogens is 2. The fraction of sp³-hybridized carbons (Fsp3) is 0.385. The number of rotatable bonds is 3. The number of hydrogen-bond donors (Lipinski definition) is 1. The molecule has 2 aromatic heterocycles. The Morgan fingerprint density at radius 2 is 2.06 bits per heavy atom. The van der Waals surface area contributed by atoms with Crippen molar-refractivity contribution >= 4 is 5.82 Å². The molecule has 0 aromatic carbocycles. The third kappa shape index (κ3) is 2.16. The molecular weight excluding hydrogens is 214 g/mol. The van der Waals surface area contributed by atoms with Crippen molar-refractivity contribution in [3.8, 4) is 11.4 Å². The van der Waals surface area contributed by atoms with Gasteiger partial charge in [-0.2, -0.15) is 0 Å². The quantitative estimate of drug-likeness (QED) is 0.881. The molecule has 2 rings (SSSR count). The van der Waals surface area contributed by atoms with Gasteiger partial charge in [0, 0.05) is 18.3 Å². The van der Waals surface area contributed by atoms with Crippen LogP contribution in [0.5, 0.6) is 0 Å². The maximum Gasteiger partial charge on any atom is 0.165 e. The molecule has 0 radical (unpaired) electrons. The minimum atomic E-state index is 0.399. The molecule has 0 aliphatic rings. The lowest BCUT2D eigenvalue weighted by Crippen LogP contribution is -2.06. The Bertz CT molecular complexity index is 504. The minimum Gasteiger partial charge on any atom is -0.472 e. The van der Waals surface area contributed by atoms with Crippen molar-refractivity contribution in [1.82, 2.24) is 9.97 Å². The summed E-state index contributed by atoms with van der Waals surface area (Å²) in [6.07, 6.45) is 3.28. The number of nitrogens with one attached hydrogen (secondary N) is 1. The smallest absolute Gasteiger partial charge is 0.165 e. The van der Waals surface area contributed by atoms with Crippen molar-refractivity contribution in [1.29, 1.82) is 0 Å². The van der Waals surface area contributed by atoms with Crippen molar-refractivity contribution < 1.29 is 4.42 Å². The summed E-state index contributed by atoms with van der Waals surface area (Å²) in [5.74, 6) is 1.99. The first-order valence-electron chi connectivity index (χ1n) is 5.72. The maximum absolute atomic E-state index is 5.06. The van der Waals surface area contributed by atoms with E-state index in [4.69, 9.17) is 4.42 Å². The van der Waals surface area contributed by atoms with E-state index in [1.807, 2.05) is 20.0 Å². The number of hydrogen-bond acceptors (Lipinski definition) is 4. The van der Waals surface area contributed by atoms with E-state index in [9.17, 15) is 0 Å². The van der Waals surface area contributed by atoms with E-state index >= 15 is 0 Å². The normalized spacial score (nSPS) is 10.9. The number of nitrogens with zero attached hydrogens (tertiary/aromatic N) is 2. The molecule has 0 atom stereocenters. The van der Waals surface area contributed by atoms with Gasteiger partial charge in [-0.25, -0.2) is 9.97 Å². The van der Waals surface area contributed by atoms with Gasteiger partial charge in [0.1, 0.15) is 12.1 Å². The molecule has 90 valence electrons. The third-order valence-electron chi connectivity index (χ3n) is 2.73. The number of aryl methyl sites for hydroxylation is 1. The Kier molecular flexibility index (Phi) is 3.13. The van der Waals surface area contributed by atoms with Crippen LogP contribution in [-0.2, 0) is 0 Å². The van der Waals surface area contributed by atoms with Gasteiger partial charge in [-0.15, -0.1) is 0 Å². The molecule has 0 aliphatic heterocycles. The Hall–Kier alpha value is -1.84. The largest absolute Gasteiger partial charge is 0.472 e. The number of furan rings is 1. The van der Waals surface area contributed by atoms with Gasteiger partial charge in [0.15, 0.2) is 5.82 Å². The van der Waals surface area contributed by atoms with Crippen LogP contribution >= 0.6 is 0 Å². The Balaban J connectivity index is 2.56. The first kappa shape index (κ1) is 11.6. The zero-order chi connectivity index (χ0) is 12.4. The van der Waals surface area contributed by atoms with Gasteiger partial charge in [0.05, 0.1) is 11.8 Å². The fourth-order valence-electron chi connectivity index (χ4n) is 1.98. The van der Waals surface area contributed by atoms with E-state index in [1.165, 1.54) is 5.56 Å². The summed E-state index contributed by atoms with van der Waals surface area (Å²) in [5.41, 5.74) is 3.08. The summed E-state index contributed by atoms with van der Waals surface area (Å²) in [6.45, 7) is 6.30. The molecule has 4 heteroatoms. The topological polar surface area (TPSA) is 51.0 Å². The summed E-state index contributed by atoms with van der Waals surface area (Å²) in [4.78, 5) is 9.07. The molecule has 17 heavy (non-hydrogen) atoms. The summed E-state index contributed by atoms with van der Waals surface area (Å²) < 4.78 is 5.06.